The summed E-state index contributed by atoms with van der Waals surface area (Å²) in [7, 11) is 0. The van der Waals surface area contributed by atoms with Crippen LogP contribution in [0.25, 0.3) is 0 Å². The van der Waals surface area contributed by atoms with Crippen molar-refractivity contribution in [3.63, 3.8) is 0 Å². The lowest BCUT2D eigenvalue weighted by molar-refractivity contribution is -0.142. The topological polar surface area (TPSA) is 104 Å². The Labute approximate surface area is 108 Å². The first-order chi connectivity index (χ1) is 8.34. The summed E-state index contributed by atoms with van der Waals surface area (Å²) >= 11 is 0. The Balaban J connectivity index is 3.91. The molecule has 0 aliphatic heterocycles. The smallest absolute Gasteiger partial charge is 0.326 e. The number of carbonyl (C=O) groups excluding carboxylic acids is 1. The van der Waals surface area contributed by atoms with Crippen LogP contribution in [0.1, 0.15) is 40.0 Å². The highest BCUT2D eigenvalue weighted by atomic mass is 16.4. The van der Waals surface area contributed by atoms with E-state index >= 15 is 0 Å². The van der Waals surface area contributed by atoms with Crippen LogP contribution in [0.5, 0.6) is 0 Å². The Kier molecular flexibility index (Phi) is 8.32. The fourth-order valence-electron chi connectivity index (χ4n) is 1.42. The van der Waals surface area contributed by atoms with Crippen molar-refractivity contribution in [2.45, 2.75) is 58.2 Å². The van der Waals surface area contributed by atoms with Crippen molar-refractivity contribution in [3.05, 3.63) is 0 Å². The molecule has 0 radical (unpaired) electrons. The fraction of sp³-hybridized carbons (Fsp3) is 0.833. The highest BCUT2D eigenvalue weighted by molar-refractivity contribution is 5.86. The molecule has 2 unspecified atom stereocenters. The fourth-order valence-corrected chi connectivity index (χ4v) is 1.42. The van der Waals surface area contributed by atoms with E-state index in [-0.39, 0.29) is 0 Å². The molecule has 0 spiro atoms. The van der Waals surface area contributed by atoms with Gasteiger partial charge in [-0.2, -0.15) is 0 Å². The number of nitrogens with two attached hydrogens (primary N) is 1. The van der Waals surface area contributed by atoms with Gasteiger partial charge in [-0.1, -0.05) is 13.8 Å². The minimum absolute atomic E-state index is 0.424. The van der Waals surface area contributed by atoms with Gasteiger partial charge in [0.1, 0.15) is 6.04 Å². The average molecular weight is 259 g/mol. The number of aliphatic carboxylic acids is 1. The third kappa shape index (κ3) is 8.03. The molecule has 18 heavy (non-hydrogen) atoms. The summed E-state index contributed by atoms with van der Waals surface area (Å²) in [5.74, 6) is -1.44. The van der Waals surface area contributed by atoms with Crippen LogP contribution in [0.2, 0.25) is 0 Å². The van der Waals surface area contributed by atoms with Gasteiger partial charge in [0.2, 0.25) is 5.91 Å². The molecule has 0 aromatic heterocycles. The zero-order valence-electron chi connectivity index (χ0n) is 11.4. The second kappa shape index (κ2) is 8.88. The van der Waals surface area contributed by atoms with Gasteiger partial charge >= 0.3 is 5.97 Å². The van der Waals surface area contributed by atoms with E-state index in [1.165, 1.54) is 6.92 Å². The van der Waals surface area contributed by atoms with E-state index in [0.717, 1.165) is 19.4 Å². The van der Waals surface area contributed by atoms with Crippen molar-refractivity contribution in [2.75, 3.05) is 6.54 Å². The molecule has 0 heterocycles. The number of unbranched alkanes of at least 4 members (excludes halogenated alkanes) is 1. The third-order valence-electron chi connectivity index (χ3n) is 2.50. The van der Waals surface area contributed by atoms with Gasteiger partial charge < -0.3 is 21.5 Å². The van der Waals surface area contributed by atoms with Gasteiger partial charge in [-0.05, 0) is 32.7 Å². The molecule has 6 heteroatoms. The van der Waals surface area contributed by atoms with E-state index in [1.54, 1.807) is 0 Å². The predicted octanol–water partition coefficient (Wildman–Crippen LogP) is 0.0713. The molecule has 0 fully saturated rings. The monoisotopic (exact) mass is 259 g/mol. The number of carboxylic acids is 1. The molecule has 6 nitrogen and oxygen atoms in total. The van der Waals surface area contributed by atoms with E-state index in [9.17, 15) is 9.59 Å². The van der Waals surface area contributed by atoms with Crippen molar-refractivity contribution in [2.24, 2.45) is 5.73 Å². The zero-order chi connectivity index (χ0) is 14.1. The summed E-state index contributed by atoms with van der Waals surface area (Å²) in [6.07, 6.45) is 2.06. The molecule has 0 rings (SSSR count). The molecule has 2 atom stereocenters. The molecule has 1 amide bonds. The number of carbonyl (C=O) groups is 2. The van der Waals surface area contributed by atoms with Crippen LogP contribution in [-0.2, 0) is 9.59 Å². The van der Waals surface area contributed by atoms with Crippen molar-refractivity contribution < 1.29 is 14.7 Å². The Morgan fingerprint density at radius 2 is 1.83 bits per heavy atom. The Morgan fingerprint density at radius 1 is 1.22 bits per heavy atom. The third-order valence-corrected chi connectivity index (χ3v) is 2.50. The van der Waals surface area contributed by atoms with Gasteiger partial charge in [0.15, 0.2) is 0 Å². The lowest BCUT2D eigenvalue weighted by Gasteiger charge is -2.16. The average Bonchev–Trinajstić information content (AvgIpc) is 2.25. The molecule has 5 N–H and O–H groups in total. The Morgan fingerprint density at radius 3 is 2.28 bits per heavy atom. The maximum Gasteiger partial charge on any atom is 0.326 e. The van der Waals surface area contributed by atoms with Crippen molar-refractivity contribution in [1.29, 1.82) is 0 Å². The second-order valence-electron chi connectivity index (χ2n) is 4.79. The summed E-state index contributed by atoms with van der Waals surface area (Å²) in [5.41, 5.74) is 5.38. The molecule has 0 aromatic rings. The number of hydrogen-bond donors (Lipinski definition) is 4. The molecule has 106 valence electrons. The van der Waals surface area contributed by atoms with E-state index in [1.807, 2.05) is 0 Å². The van der Waals surface area contributed by atoms with Gasteiger partial charge in [0, 0.05) is 6.04 Å². The van der Waals surface area contributed by atoms with Crippen LogP contribution in [-0.4, -0.2) is 41.7 Å². The molecule has 0 aromatic carbocycles. The number of hydrogen-bond acceptors (Lipinski definition) is 4. The lowest BCUT2D eigenvalue weighted by atomic mass is 10.1. The largest absolute Gasteiger partial charge is 0.480 e. The predicted molar refractivity (Wildman–Crippen MR) is 70.2 cm³/mol. The summed E-state index contributed by atoms with van der Waals surface area (Å²) in [6.45, 7) is 6.50. The first-order valence-corrected chi connectivity index (χ1v) is 6.36. The quantitative estimate of drug-likeness (QED) is 0.439. The van der Waals surface area contributed by atoms with Gasteiger partial charge in [0.05, 0.1) is 6.04 Å². The van der Waals surface area contributed by atoms with Crippen molar-refractivity contribution in [1.82, 2.24) is 10.6 Å². The maximum absolute atomic E-state index is 11.3. The van der Waals surface area contributed by atoms with E-state index in [0.29, 0.717) is 12.5 Å². The molecule has 0 aliphatic rings. The van der Waals surface area contributed by atoms with Crippen LogP contribution in [0, 0.1) is 0 Å². The van der Waals surface area contributed by atoms with Crippen LogP contribution in [0.3, 0.4) is 0 Å². The van der Waals surface area contributed by atoms with Crippen molar-refractivity contribution >= 4 is 11.9 Å². The Hall–Kier alpha value is -1.14. The molecular weight excluding hydrogens is 234 g/mol. The molecule has 0 bridgehead atoms. The Bertz CT molecular complexity index is 267. The zero-order valence-corrected chi connectivity index (χ0v) is 11.4. The van der Waals surface area contributed by atoms with E-state index in [4.69, 9.17) is 10.8 Å². The van der Waals surface area contributed by atoms with Gasteiger partial charge in [-0.3, -0.25) is 4.79 Å². The molecular formula is C12H25N3O3. The number of amides is 1. The van der Waals surface area contributed by atoms with Gasteiger partial charge in [0.25, 0.3) is 0 Å². The van der Waals surface area contributed by atoms with Gasteiger partial charge in [-0.15, -0.1) is 0 Å². The molecule has 0 saturated heterocycles. The summed E-state index contributed by atoms with van der Waals surface area (Å²) in [6, 6.07) is -1.10. The van der Waals surface area contributed by atoms with Crippen LogP contribution >= 0.6 is 0 Å². The lowest BCUT2D eigenvalue weighted by Crippen LogP contribution is -2.47. The van der Waals surface area contributed by atoms with Gasteiger partial charge in [-0.25, -0.2) is 4.79 Å². The SMILES string of the molecule is CC(C)NCCCCC(NC(=O)C(C)N)C(=O)O. The number of carboxylic acid groups (broad SMARTS) is 1. The standard InChI is InChI=1S/C12H25N3O3/c1-8(2)14-7-5-4-6-10(12(17)18)15-11(16)9(3)13/h8-10,14H,4-7,13H2,1-3H3,(H,15,16)(H,17,18). The van der Waals surface area contributed by atoms with Crippen LogP contribution in [0.15, 0.2) is 0 Å². The summed E-state index contributed by atoms with van der Waals surface area (Å²) in [4.78, 5) is 22.3. The summed E-state index contributed by atoms with van der Waals surface area (Å²) in [5, 5.41) is 14.7. The summed E-state index contributed by atoms with van der Waals surface area (Å²) < 4.78 is 0. The van der Waals surface area contributed by atoms with E-state index in [2.05, 4.69) is 24.5 Å². The first-order valence-electron chi connectivity index (χ1n) is 6.36. The molecule has 0 saturated carbocycles. The second-order valence-corrected chi connectivity index (χ2v) is 4.79. The van der Waals surface area contributed by atoms with E-state index < -0.39 is 24.0 Å². The minimum atomic E-state index is -1.01. The number of nitrogens with one attached hydrogen (secondary N) is 2. The molecule has 0 aliphatic carbocycles. The highest BCUT2D eigenvalue weighted by Gasteiger charge is 2.20. The van der Waals surface area contributed by atoms with Crippen molar-refractivity contribution in [3.8, 4) is 0 Å². The van der Waals surface area contributed by atoms with Crippen LogP contribution < -0.4 is 16.4 Å². The maximum atomic E-state index is 11.3. The van der Waals surface area contributed by atoms with Crippen LogP contribution in [0.4, 0.5) is 0 Å². The minimum Gasteiger partial charge on any atom is -0.480 e. The first kappa shape index (κ1) is 16.9. The number of rotatable bonds is 9. The normalized spacial score (nSPS) is 14.3. The highest BCUT2D eigenvalue weighted by Crippen LogP contribution is 2.01.